The van der Waals surface area contributed by atoms with E-state index in [4.69, 9.17) is 4.74 Å². The summed E-state index contributed by atoms with van der Waals surface area (Å²) >= 11 is 0. The van der Waals surface area contributed by atoms with Gasteiger partial charge in [0.2, 0.25) is 0 Å². The summed E-state index contributed by atoms with van der Waals surface area (Å²) in [6.07, 6.45) is 1.44. The van der Waals surface area contributed by atoms with Crippen LogP contribution in [0.5, 0.6) is 0 Å². The lowest BCUT2D eigenvalue weighted by Crippen LogP contribution is -2.52. The molecule has 3 nitrogen and oxygen atoms in total. The van der Waals surface area contributed by atoms with Gasteiger partial charge in [-0.25, -0.2) is 0 Å². The number of likely N-dealkylation sites (N-methyl/N-ethyl adjacent to an activating group) is 1. The Bertz CT molecular complexity index is 156. The second kappa shape index (κ2) is 7.20. The van der Waals surface area contributed by atoms with Gasteiger partial charge in [-0.1, -0.05) is 13.8 Å². The summed E-state index contributed by atoms with van der Waals surface area (Å²) in [4.78, 5) is 2.30. The van der Waals surface area contributed by atoms with E-state index in [0.717, 1.165) is 32.5 Å². The number of rotatable bonds is 8. The molecule has 0 aliphatic rings. The number of aliphatic hydroxyl groups is 1. The van der Waals surface area contributed by atoms with E-state index < -0.39 is 0 Å². The van der Waals surface area contributed by atoms with E-state index in [-0.39, 0.29) is 11.6 Å². The fourth-order valence-corrected chi connectivity index (χ4v) is 2.02. The van der Waals surface area contributed by atoms with Crippen molar-refractivity contribution in [2.45, 2.75) is 52.2 Å². The monoisotopic (exact) mass is 217 g/mol. The zero-order valence-electron chi connectivity index (χ0n) is 10.9. The lowest BCUT2D eigenvalue weighted by molar-refractivity contribution is -0.0130. The fourth-order valence-electron chi connectivity index (χ4n) is 2.02. The van der Waals surface area contributed by atoms with Crippen LogP contribution >= 0.6 is 0 Å². The van der Waals surface area contributed by atoms with Crippen LogP contribution in [0, 0.1) is 0 Å². The molecule has 0 heterocycles. The summed E-state index contributed by atoms with van der Waals surface area (Å²) in [6, 6.07) is 0. The largest absolute Gasteiger partial charge is 0.391 e. The second-order valence-electron chi connectivity index (χ2n) is 4.48. The van der Waals surface area contributed by atoms with Gasteiger partial charge in [-0.2, -0.15) is 0 Å². The van der Waals surface area contributed by atoms with Gasteiger partial charge in [-0.05, 0) is 39.8 Å². The molecule has 92 valence electrons. The van der Waals surface area contributed by atoms with Crippen molar-refractivity contribution >= 4 is 0 Å². The third-order valence-corrected chi connectivity index (χ3v) is 3.22. The van der Waals surface area contributed by atoms with E-state index in [2.05, 4.69) is 32.6 Å². The van der Waals surface area contributed by atoms with Crippen molar-refractivity contribution in [1.82, 2.24) is 4.90 Å². The van der Waals surface area contributed by atoms with Crippen molar-refractivity contribution in [3.8, 4) is 0 Å². The zero-order chi connectivity index (χ0) is 11.9. The van der Waals surface area contributed by atoms with Crippen LogP contribution in [0.15, 0.2) is 0 Å². The average Bonchev–Trinajstić information content (AvgIpc) is 2.19. The first-order valence-electron chi connectivity index (χ1n) is 5.92. The molecule has 0 aromatic carbocycles. The minimum absolute atomic E-state index is 0.142. The highest BCUT2D eigenvalue weighted by molar-refractivity contribution is 4.87. The first-order valence-corrected chi connectivity index (χ1v) is 5.92. The highest BCUT2D eigenvalue weighted by atomic mass is 16.5. The molecule has 0 saturated heterocycles. The van der Waals surface area contributed by atoms with E-state index >= 15 is 0 Å². The molecule has 1 unspecified atom stereocenters. The van der Waals surface area contributed by atoms with Gasteiger partial charge in [0.15, 0.2) is 0 Å². The third kappa shape index (κ3) is 4.49. The Labute approximate surface area is 94.4 Å². The topological polar surface area (TPSA) is 32.7 Å². The van der Waals surface area contributed by atoms with Gasteiger partial charge < -0.3 is 9.84 Å². The summed E-state index contributed by atoms with van der Waals surface area (Å²) in [5.41, 5.74) is -0.142. The standard InChI is InChI=1S/C12H27NO2/c1-6-13(7-2)12(3,4)11(14)9-8-10-15-5/h11,14H,6-10H2,1-5H3. The lowest BCUT2D eigenvalue weighted by atomic mass is 9.91. The van der Waals surface area contributed by atoms with Crippen LogP contribution < -0.4 is 0 Å². The molecule has 0 radical (unpaired) electrons. The third-order valence-electron chi connectivity index (χ3n) is 3.22. The number of nitrogens with zero attached hydrogens (tertiary/aromatic N) is 1. The minimum atomic E-state index is -0.285. The predicted molar refractivity (Wildman–Crippen MR) is 64.1 cm³/mol. The number of ether oxygens (including phenoxy) is 1. The SMILES string of the molecule is CCN(CC)C(C)(C)C(O)CCCOC. The fraction of sp³-hybridized carbons (Fsp3) is 1.00. The predicted octanol–water partition coefficient (Wildman–Crippen LogP) is 1.89. The first kappa shape index (κ1) is 14.9. The van der Waals surface area contributed by atoms with Crippen LogP contribution in [-0.2, 0) is 4.74 Å². The van der Waals surface area contributed by atoms with Crippen LogP contribution in [0.1, 0.15) is 40.5 Å². The van der Waals surface area contributed by atoms with E-state index in [1.165, 1.54) is 0 Å². The van der Waals surface area contributed by atoms with Crippen LogP contribution in [0.3, 0.4) is 0 Å². The molecular weight excluding hydrogens is 190 g/mol. The highest BCUT2D eigenvalue weighted by Crippen LogP contribution is 2.21. The van der Waals surface area contributed by atoms with Crippen molar-refractivity contribution < 1.29 is 9.84 Å². The van der Waals surface area contributed by atoms with Gasteiger partial charge in [-0.3, -0.25) is 4.90 Å². The number of hydrogen-bond donors (Lipinski definition) is 1. The average molecular weight is 217 g/mol. The Morgan fingerprint density at radius 3 is 2.20 bits per heavy atom. The van der Waals surface area contributed by atoms with Crippen LogP contribution in [0.2, 0.25) is 0 Å². The van der Waals surface area contributed by atoms with Crippen molar-refractivity contribution in [2.24, 2.45) is 0 Å². The molecule has 0 spiro atoms. The van der Waals surface area contributed by atoms with Crippen LogP contribution in [0.25, 0.3) is 0 Å². The zero-order valence-corrected chi connectivity index (χ0v) is 10.9. The molecule has 0 fully saturated rings. The summed E-state index contributed by atoms with van der Waals surface area (Å²) < 4.78 is 4.99. The van der Waals surface area contributed by atoms with Crippen molar-refractivity contribution in [3.05, 3.63) is 0 Å². The minimum Gasteiger partial charge on any atom is -0.391 e. The molecular formula is C12H27NO2. The maximum Gasteiger partial charge on any atom is 0.0719 e. The molecule has 0 aromatic rings. The molecule has 0 bridgehead atoms. The van der Waals surface area contributed by atoms with Crippen molar-refractivity contribution in [3.63, 3.8) is 0 Å². The molecule has 1 atom stereocenters. The molecule has 3 heteroatoms. The maximum absolute atomic E-state index is 10.1. The van der Waals surface area contributed by atoms with Crippen molar-refractivity contribution in [2.75, 3.05) is 26.8 Å². The van der Waals surface area contributed by atoms with E-state index in [0.29, 0.717) is 0 Å². The summed E-state index contributed by atoms with van der Waals surface area (Å²) in [5, 5.41) is 10.1. The Kier molecular flexibility index (Phi) is 7.14. The number of aliphatic hydroxyl groups excluding tert-OH is 1. The molecule has 0 aromatic heterocycles. The Balaban J connectivity index is 4.16. The van der Waals surface area contributed by atoms with Gasteiger partial charge >= 0.3 is 0 Å². The molecule has 1 N–H and O–H groups in total. The second-order valence-corrected chi connectivity index (χ2v) is 4.48. The Morgan fingerprint density at radius 1 is 1.27 bits per heavy atom. The Morgan fingerprint density at radius 2 is 1.80 bits per heavy atom. The molecule has 0 aliphatic heterocycles. The molecule has 0 aliphatic carbocycles. The van der Waals surface area contributed by atoms with Crippen molar-refractivity contribution in [1.29, 1.82) is 0 Å². The van der Waals surface area contributed by atoms with E-state index in [1.54, 1.807) is 7.11 Å². The van der Waals surface area contributed by atoms with Gasteiger partial charge in [-0.15, -0.1) is 0 Å². The summed E-state index contributed by atoms with van der Waals surface area (Å²) in [5.74, 6) is 0. The molecule has 0 amide bonds. The summed E-state index contributed by atoms with van der Waals surface area (Å²) in [6.45, 7) is 11.2. The maximum atomic E-state index is 10.1. The number of methoxy groups -OCH3 is 1. The van der Waals surface area contributed by atoms with Gasteiger partial charge in [0.05, 0.1) is 6.10 Å². The first-order chi connectivity index (χ1) is 7.00. The van der Waals surface area contributed by atoms with E-state index in [1.807, 2.05) is 0 Å². The number of hydrogen-bond acceptors (Lipinski definition) is 3. The highest BCUT2D eigenvalue weighted by Gasteiger charge is 2.31. The van der Waals surface area contributed by atoms with Gasteiger partial charge in [0, 0.05) is 19.3 Å². The van der Waals surface area contributed by atoms with E-state index in [9.17, 15) is 5.11 Å². The normalized spacial score (nSPS) is 14.6. The lowest BCUT2D eigenvalue weighted by Gasteiger charge is -2.41. The van der Waals surface area contributed by atoms with Crippen LogP contribution in [-0.4, -0.2) is 48.5 Å². The smallest absolute Gasteiger partial charge is 0.0719 e. The quantitative estimate of drug-likeness (QED) is 0.630. The molecule has 0 rings (SSSR count). The Hall–Kier alpha value is -0.120. The molecule has 0 saturated carbocycles. The van der Waals surface area contributed by atoms with Gasteiger partial charge in [0.25, 0.3) is 0 Å². The molecule has 15 heavy (non-hydrogen) atoms. The van der Waals surface area contributed by atoms with Gasteiger partial charge in [0.1, 0.15) is 0 Å². The van der Waals surface area contributed by atoms with Crippen LogP contribution in [0.4, 0.5) is 0 Å². The summed E-state index contributed by atoms with van der Waals surface area (Å²) in [7, 11) is 1.70.